The Labute approximate surface area is 72.9 Å². The SMILES string of the molecule is C=CCOC1OCC2CCC=C21. The number of ether oxygens (including phenoxy) is 2. The molecule has 1 fully saturated rings. The van der Waals surface area contributed by atoms with E-state index in [9.17, 15) is 0 Å². The van der Waals surface area contributed by atoms with Crippen LogP contribution in [0.25, 0.3) is 0 Å². The highest BCUT2D eigenvalue weighted by Crippen LogP contribution is 2.35. The maximum atomic E-state index is 5.48. The molecular weight excluding hydrogens is 152 g/mol. The van der Waals surface area contributed by atoms with E-state index in [1.807, 2.05) is 0 Å². The van der Waals surface area contributed by atoms with Crippen molar-refractivity contribution in [2.24, 2.45) is 5.92 Å². The zero-order valence-corrected chi connectivity index (χ0v) is 7.16. The van der Waals surface area contributed by atoms with Crippen molar-refractivity contribution in [3.63, 3.8) is 0 Å². The lowest BCUT2D eigenvalue weighted by molar-refractivity contribution is -0.0844. The van der Waals surface area contributed by atoms with E-state index in [1.54, 1.807) is 6.08 Å². The Balaban J connectivity index is 1.94. The average molecular weight is 166 g/mol. The lowest BCUT2D eigenvalue weighted by Crippen LogP contribution is -2.12. The summed E-state index contributed by atoms with van der Waals surface area (Å²) in [7, 11) is 0. The molecule has 0 aromatic carbocycles. The first kappa shape index (κ1) is 8.02. The van der Waals surface area contributed by atoms with E-state index in [4.69, 9.17) is 9.47 Å². The van der Waals surface area contributed by atoms with Crippen molar-refractivity contribution in [1.82, 2.24) is 0 Å². The van der Waals surface area contributed by atoms with Crippen LogP contribution in [0, 0.1) is 5.92 Å². The molecule has 0 bridgehead atoms. The predicted octanol–water partition coefficient (Wildman–Crippen LogP) is 1.88. The van der Waals surface area contributed by atoms with Crippen LogP contribution in [0.5, 0.6) is 0 Å². The Bertz CT molecular complexity index is 208. The Morgan fingerprint density at radius 1 is 1.75 bits per heavy atom. The smallest absolute Gasteiger partial charge is 0.180 e. The standard InChI is InChI=1S/C10H14O2/c1-2-6-11-10-9-5-3-4-8(9)7-12-10/h2,5,8,10H,1,3-4,6-7H2. The van der Waals surface area contributed by atoms with E-state index in [1.165, 1.54) is 18.4 Å². The minimum atomic E-state index is -0.0736. The number of hydrogen-bond donors (Lipinski definition) is 0. The summed E-state index contributed by atoms with van der Waals surface area (Å²) < 4.78 is 10.9. The molecule has 1 aliphatic heterocycles. The molecule has 0 amide bonds. The molecule has 0 aromatic heterocycles. The van der Waals surface area contributed by atoms with E-state index in [0.29, 0.717) is 12.5 Å². The third kappa shape index (κ3) is 1.32. The first-order valence-corrected chi connectivity index (χ1v) is 4.46. The molecule has 66 valence electrons. The maximum absolute atomic E-state index is 5.48. The maximum Gasteiger partial charge on any atom is 0.180 e. The first-order chi connectivity index (χ1) is 5.92. The highest BCUT2D eigenvalue weighted by atomic mass is 16.7. The number of fused-ring (bicyclic) bond motifs is 1. The summed E-state index contributed by atoms with van der Waals surface area (Å²) in [5.41, 5.74) is 1.36. The van der Waals surface area contributed by atoms with Gasteiger partial charge in [0.2, 0.25) is 0 Å². The summed E-state index contributed by atoms with van der Waals surface area (Å²) in [4.78, 5) is 0. The molecule has 2 nitrogen and oxygen atoms in total. The summed E-state index contributed by atoms with van der Waals surface area (Å²) >= 11 is 0. The van der Waals surface area contributed by atoms with Crippen LogP contribution >= 0.6 is 0 Å². The second kappa shape index (κ2) is 3.42. The van der Waals surface area contributed by atoms with Crippen LogP contribution in [0.2, 0.25) is 0 Å². The largest absolute Gasteiger partial charge is 0.348 e. The monoisotopic (exact) mass is 166 g/mol. The molecule has 12 heavy (non-hydrogen) atoms. The van der Waals surface area contributed by atoms with Gasteiger partial charge in [0, 0.05) is 5.92 Å². The number of rotatable bonds is 3. The molecule has 2 atom stereocenters. The van der Waals surface area contributed by atoms with Crippen molar-refractivity contribution >= 4 is 0 Å². The quantitative estimate of drug-likeness (QED) is 0.596. The van der Waals surface area contributed by atoms with Crippen molar-refractivity contribution in [3.8, 4) is 0 Å². The van der Waals surface area contributed by atoms with Gasteiger partial charge in [-0.05, 0) is 18.4 Å². The van der Waals surface area contributed by atoms with E-state index in [-0.39, 0.29) is 6.29 Å². The van der Waals surface area contributed by atoms with Crippen molar-refractivity contribution in [2.75, 3.05) is 13.2 Å². The van der Waals surface area contributed by atoms with Crippen LogP contribution in [0.15, 0.2) is 24.3 Å². The fourth-order valence-corrected chi connectivity index (χ4v) is 1.85. The summed E-state index contributed by atoms with van der Waals surface area (Å²) in [5.74, 6) is 0.639. The lowest BCUT2D eigenvalue weighted by Gasteiger charge is -2.10. The van der Waals surface area contributed by atoms with Gasteiger partial charge in [-0.2, -0.15) is 0 Å². The van der Waals surface area contributed by atoms with Gasteiger partial charge in [0.1, 0.15) is 0 Å². The van der Waals surface area contributed by atoms with Crippen LogP contribution in [0.4, 0.5) is 0 Å². The Hall–Kier alpha value is -0.600. The van der Waals surface area contributed by atoms with Gasteiger partial charge in [0.15, 0.2) is 6.29 Å². The van der Waals surface area contributed by atoms with Gasteiger partial charge in [-0.3, -0.25) is 0 Å². The molecule has 0 N–H and O–H groups in total. The fourth-order valence-electron chi connectivity index (χ4n) is 1.85. The van der Waals surface area contributed by atoms with Crippen molar-refractivity contribution in [1.29, 1.82) is 0 Å². The Morgan fingerprint density at radius 2 is 2.67 bits per heavy atom. The van der Waals surface area contributed by atoms with Gasteiger partial charge >= 0.3 is 0 Å². The highest BCUT2D eigenvalue weighted by molar-refractivity contribution is 5.18. The van der Waals surface area contributed by atoms with Gasteiger partial charge in [-0.25, -0.2) is 0 Å². The van der Waals surface area contributed by atoms with Gasteiger partial charge < -0.3 is 9.47 Å². The summed E-state index contributed by atoms with van der Waals surface area (Å²) in [6.07, 6.45) is 6.37. The summed E-state index contributed by atoms with van der Waals surface area (Å²) in [6, 6.07) is 0. The van der Waals surface area contributed by atoms with Crippen LogP contribution < -0.4 is 0 Å². The van der Waals surface area contributed by atoms with E-state index >= 15 is 0 Å². The van der Waals surface area contributed by atoms with Gasteiger partial charge in [0.25, 0.3) is 0 Å². The molecule has 2 heteroatoms. The van der Waals surface area contributed by atoms with Gasteiger partial charge in [0.05, 0.1) is 13.2 Å². The second-order valence-electron chi connectivity index (χ2n) is 3.27. The number of hydrogen-bond acceptors (Lipinski definition) is 2. The summed E-state index contributed by atoms with van der Waals surface area (Å²) in [5, 5.41) is 0. The van der Waals surface area contributed by atoms with Crippen molar-refractivity contribution < 1.29 is 9.47 Å². The third-order valence-electron chi connectivity index (χ3n) is 2.45. The van der Waals surface area contributed by atoms with Crippen LogP contribution in [0.1, 0.15) is 12.8 Å². The van der Waals surface area contributed by atoms with Gasteiger partial charge in [-0.1, -0.05) is 12.2 Å². The normalized spacial score (nSPS) is 33.2. The van der Waals surface area contributed by atoms with E-state index < -0.39 is 0 Å². The zero-order chi connectivity index (χ0) is 8.39. The lowest BCUT2D eigenvalue weighted by atomic mass is 10.1. The van der Waals surface area contributed by atoms with Crippen molar-refractivity contribution in [3.05, 3.63) is 24.3 Å². The molecular formula is C10H14O2. The van der Waals surface area contributed by atoms with E-state index in [2.05, 4.69) is 12.7 Å². The second-order valence-corrected chi connectivity index (χ2v) is 3.27. The molecule has 2 aliphatic rings. The fraction of sp³-hybridized carbons (Fsp3) is 0.600. The molecule has 1 aliphatic carbocycles. The molecule has 0 radical (unpaired) electrons. The third-order valence-corrected chi connectivity index (χ3v) is 2.45. The number of allylic oxidation sites excluding steroid dienone is 1. The first-order valence-electron chi connectivity index (χ1n) is 4.46. The van der Waals surface area contributed by atoms with Gasteiger partial charge in [-0.15, -0.1) is 6.58 Å². The molecule has 1 heterocycles. The minimum absolute atomic E-state index is 0.0736. The predicted molar refractivity (Wildman–Crippen MR) is 46.7 cm³/mol. The Kier molecular flexibility index (Phi) is 2.28. The average Bonchev–Trinajstić information content (AvgIpc) is 2.62. The molecule has 0 saturated carbocycles. The zero-order valence-electron chi connectivity index (χ0n) is 7.16. The highest BCUT2D eigenvalue weighted by Gasteiger charge is 2.33. The Morgan fingerprint density at radius 3 is 3.50 bits per heavy atom. The molecule has 2 unspecified atom stereocenters. The minimum Gasteiger partial charge on any atom is -0.348 e. The van der Waals surface area contributed by atoms with E-state index in [0.717, 1.165) is 6.61 Å². The molecule has 1 saturated heterocycles. The van der Waals surface area contributed by atoms with Crippen LogP contribution in [-0.4, -0.2) is 19.5 Å². The molecule has 0 spiro atoms. The summed E-state index contributed by atoms with van der Waals surface area (Å²) in [6.45, 7) is 5.03. The van der Waals surface area contributed by atoms with Crippen molar-refractivity contribution in [2.45, 2.75) is 19.1 Å². The molecule has 0 aromatic rings. The van der Waals surface area contributed by atoms with Crippen LogP contribution in [0.3, 0.4) is 0 Å². The van der Waals surface area contributed by atoms with Crippen LogP contribution in [-0.2, 0) is 9.47 Å². The topological polar surface area (TPSA) is 18.5 Å². The molecule has 2 rings (SSSR count).